The molecule has 3 nitrogen and oxygen atoms in total. The van der Waals surface area contributed by atoms with Crippen LogP contribution in [0.3, 0.4) is 0 Å². The summed E-state index contributed by atoms with van der Waals surface area (Å²) in [6.45, 7) is 11.7. The summed E-state index contributed by atoms with van der Waals surface area (Å²) < 4.78 is 0.941. The number of nitrogens with zero attached hydrogens (tertiary/aromatic N) is 1. The van der Waals surface area contributed by atoms with Crippen molar-refractivity contribution >= 4 is 11.6 Å². The maximum atomic E-state index is 12.6. The zero-order valence-electron chi connectivity index (χ0n) is 13.8. The van der Waals surface area contributed by atoms with Gasteiger partial charge in [0, 0.05) is 51.2 Å². The Balaban J connectivity index is 0.00000220. The minimum Gasteiger partial charge on any atom is -0.320 e. The average Bonchev–Trinajstić information content (AvgIpc) is 2.92. The quantitative estimate of drug-likeness (QED) is 0.817. The van der Waals surface area contributed by atoms with Crippen LogP contribution in [-0.4, -0.2) is 36.1 Å². The van der Waals surface area contributed by atoms with Gasteiger partial charge in [0.05, 0.1) is 19.6 Å². The fraction of sp³-hybridized carbons (Fsp3) is 0.588. The van der Waals surface area contributed by atoms with Gasteiger partial charge in [0.2, 0.25) is 0 Å². The predicted molar refractivity (Wildman–Crippen MR) is 83.8 cm³/mol. The van der Waals surface area contributed by atoms with Crippen molar-refractivity contribution in [3.05, 3.63) is 29.3 Å². The molecule has 1 aliphatic heterocycles. The molecule has 0 aromatic heterocycles. The molecule has 1 aromatic carbocycles. The van der Waals surface area contributed by atoms with Crippen molar-refractivity contribution in [3.63, 3.8) is 0 Å². The van der Waals surface area contributed by atoms with Crippen LogP contribution < -0.4 is 5.32 Å². The second-order valence-corrected chi connectivity index (χ2v) is 6.12. The van der Waals surface area contributed by atoms with Crippen LogP contribution in [0.25, 0.3) is 0 Å². The molecule has 21 heavy (non-hydrogen) atoms. The van der Waals surface area contributed by atoms with Crippen LogP contribution >= 0.6 is 0 Å². The van der Waals surface area contributed by atoms with E-state index >= 15 is 0 Å². The third-order valence-corrected chi connectivity index (χ3v) is 5.02. The maximum absolute atomic E-state index is 12.6. The number of aryl methyl sites for hydroxylation is 2. The van der Waals surface area contributed by atoms with Gasteiger partial charge in [-0.3, -0.25) is 4.79 Å². The summed E-state index contributed by atoms with van der Waals surface area (Å²) >= 11 is 0. The SMILES string of the molecule is CC[N+]1(C(C)C(=O)Nc2c(C)cccc2C)CCCC1.[Y]. The molecule has 0 saturated carbocycles. The molecular weight excluding hydrogens is 337 g/mol. The molecule has 1 aliphatic rings. The molecule has 1 fully saturated rings. The molecule has 4 heteroatoms. The number of rotatable bonds is 4. The smallest absolute Gasteiger partial charge is 0.282 e. The number of amides is 1. The second-order valence-electron chi connectivity index (χ2n) is 6.12. The molecule has 113 valence electrons. The number of likely N-dealkylation sites (tertiary alicyclic amines) is 1. The third-order valence-electron chi connectivity index (χ3n) is 5.02. The first-order valence-electron chi connectivity index (χ1n) is 7.73. The molecule has 1 aromatic rings. The van der Waals surface area contributed by atoms with Gasteiger partial charge in [-0.2, -0.15) is 0 Å². The van der Waals surface area contributed by atoms with Crippen LogP contribution in [0.15, 0.2) is 18.2 Å². The van der Waals surface area contributed by atoms with Gasteiger partial charge >= 0.3 is 0 Å². The molecule has 1 saturated heterocycles. The summed E-state index contributed by atoms with van der Waals surface area (Å²) in [6.07, 6.45) is 2.49. The largest absolute Gasteiger partial charge is 0.320 e. The molecular formula is C17H27N2OY+. The topological polar surface area (TPSA) is 29.1 Å². The Hall–Kier alpha value is -0.246. The van der Waals surface area contributed by atoms with Crippen molar-refractivity contribution in [3.8, 4) is 0 Å². The van der Waals surface area contributed by atoms with Gasteiger partial charge in [0.1, 0.15) is 0 Å². The van der Waals surface area contributed by atoms with Gasteiger partial charge in [-0.1, -0.05) is 18.2 Å². The van der Waals surface area contributed by atoms with Crippen molar-refractivity contribution in [2.24, 2.45) is 0 Å². The molecule has 1 radical (unpaired) electrons. The Labute approximate surface area is 154 Å². The summed E-state index contributed by atoms with van der Waals surface area (Å²) in [6, 6.07) is 6.16. The first-order chi connectivity index (χ1) is 9.50. The monoisotopic (exact) mass is 364 g/mol. The third kappa shape index (κ3) is 3.94. The Kier molecular flexibility index (Phi) is 7.03. The van der Waals surface area contributed by atoms with Crippen molar-refractivity contribution < 1.29 is 42.0 Å². The Morgan fingerprint density at radius 2 is 1.76 bits per heavy atom. The van der Waals surface area contributed by atoms with Crippen LogP contribution in [0, 0.1) is 13.8 Å². The summed E-state index contributed by atoms with van der Waals surface area (Å²) in [7, 11) is 0. The standard InChI is InChI=1S/C17H26N2O.Y/c1-5-19(11-6-7-12-19)15(4)17(20)18-16-13(2)9-8-10-14(16)3;/h8-10,15H,5-7,11-12H2,1-4H3;/p+1. The number of likely N-dealkylation sites (N-methyl/N-ethyl adjacent to an activating group) is 1. The molecule has 0 aliphatic carbocycles. The molecule has 1 atom stereocenters. The Morgan fingerprint density at radius 1 is 1.24 bits per heavy atom. The molecule has 1 amide bonds. The van der Waals surface area contributed by atoms with Gasteiger partial charge in [-0.15, -0.1) is 0 Å². The number of carbonyl (C=O) groups is 1. The first kappa shape index (κ1) is 18.8. The summed E-state index contributed by atoms with van der Waals surface area (Å²) in [5.74, 6) is 0.158. The second kappa shape index (κ2) is 7.85. The van der Waals surface area contributed by atoms with Gasteiger partial charge in [-0.05, 0) is 38.8 Å². The van der Waals surface area contributed by atoms with Crippen LogP contribution in [0.1, 0.15) is 37.8 Å². The first-order valence-corrected chi connectivity index (χ1v) is 7.73. The fourth-order valence-electron chi connectivity index (χ4n) is 3.43. The van der Waals surface area contributed by atoms with E-state index in [1.165, 1.54) is 12.8 Å². The Morgan fingerprint density at radius 3 is 2.24 bits per heavy atom. The molecule has 1 N–H and O–H groups in total. The number of carbonyl (C=O) groups excluding carboxylic acids is 1. The van der Waals surface area contributed by atoms with Crippen LogP contribution in [0.5, 0.6) is 0 Å². The van der Waals surface area contributed by atoms with E-state index in [1.54, 1.807) is 0 Å². The van der Waals surface area contributed by atoms with Crippen molar-refractivity contribution in [1.82, 2.24) is 0 Å². The molecule has 1 unspecified atom stereocenters. The van der Waals surface area contributed by atoms with E-state index in [0.29, 0.717) is 0 Å². The zero-order valence-corrected chi connectivity index (χ0v) is 16.6. The number of para-hydroxylation sites is 1. The van der Waals surface area contributed by atoms with E-state index in [4.69, 9.17) is 0 Å². The average molecular weight is 364 g/mol. The number of hydrogen-bond acceptors (Lipinski definition) is 1. The van der Waals surface area contributed by atoms with Gasteiger partial charge < -0.3 is 9.80 Å². The van der Waals surface area contributed by atoms with Gasteiger partial charge in [0.15, 0.2) is 6.04 Å². The van der Waals surface area contributed by atoms with E-state index in [1.807, 2.05) is 32.0 Å². The molecule has 1 heterocycles. The summed E-state index contributed by atoms with van der Waals surface area (Å²) in [4.78, 5) is 12.6. The number of hydrogen-bond donors (Lipinski definition) is 1. The van der Waals surface area contributed by atoms with Gasteiger partial charge in [0.25, 0.3) is 5.91 Å². The van der Waals surface area contributed by atoms with Crippen molar-refractivity contribution in [2.45, 2.75) is 46.6 Å². The molecule has 0 spiro atoms. The molecule has 2 rings (SSSR count). The maximum Gasteiger partial charge on any atom is 0.282 e. The number of nitrogens with one attached hydrogen (secondary N) is 1. The predicted octanol–water partition coefficient (Wildman–Crippen LogP) is 3.26. The van der Waals surface area contributed by atoms with E-state index < -0.39 is 0 Å². The summed E-state index contributed by atoms with van der Waals surface area (Å²) in [5.41, 5.74) is 3.25. The van der Waals surface area contributed by atoms with Crippen molar-refractivity contribution in [2.75, 3.05) is 25.0 Å². The van der Waals surface area contributed by atoms with Crippen LogP contribution in [0.4, 0.5) is 5.69 Å². The van der Waals surface area contributed by atoms with Crippen molar-refractivity contribution in [1.29, 1.82) is 0 Å². The fourth-order valence-corrected chi connectivity index (χ4v) is 3.43. The van der Waals surface area contributed by atoms with Crippen LogP contribution in [-0.2, 0) is 37.5 Å². The van der Waals surface area contributed by atoms with E-state index in [2.05, 4.69) is 19.2 Å². The Bertz CT molecular complexity index is 475. The number of benzene rings is 1. The number of quaternary nitrogens is 1. The molecule has 0 bridgehead atoms. The van der Waals surface area contributed by atoms with Crippen LogP contribution in [0.2, 0.25) is 0 Å². The van der Waals surface area contributed by atoms with E-state index in [-0.39, 0.29) is 44.7 Å². The van der Waals surface area contributed by atoms with E-state index in [0.717, 1.165) is 40.9 Å². The summed E-state index contributed by atoms with van der Waals surface area (Å²) in [5, 5.41) is 3.16. The van der Waals surface area contributed by atoms with Gasteiger partial charge in [-0.25, -0.2) is 0 Å². The zero-order chi connectivity index (χ0) is 14.8. The van der Waals surface area contributed by atoms with E-state index in [9.17, 15) is 4.79 Å². The normalized spacial score (nSPS) is 17.9. The number of anilines is 1. The minimum absolute atomic E-state index is 0. The minimum atomic E-state index is 0.